The van der Waals surface area contributed by atoms with Crippen molar-refractivity contribution in [2.45, 2.75) is 4.90 Å². The van der Waals surface area contributed by atoms with E-state index in [1.165, 1.54) is 19.2 Å². The van der Waals surface area contributed by atoms with Gasteiger partial charge in [0.05, 0.1) is 22.7 Å². The molecule has 0 spiro atoms. The van der Waals surface area contributed by atoms with E-state index in [4.69, 9.17) is 20.8 Å². The lowest BCUT2D eigenvalue weighted by atomic mass is 10.2. The fraction of sp³-hybridized carbons (Fsp3) is 0.0800. The molecule has 37 heavy (non-hydrogen) atoms. The van der Waals surface area contributed by atoms with Gasteiger partial charge < -0.3 is 9.15 Å². The van der Waals surface area contributed by atoms with Gasteiger partial charge >= 0.3 is 0 Å². The maximum atomic E-state index is 11.9. The predicted octanol–water partition coefficient (Wildman–Crippen LogP) is 4.62. The Kier molecular flexibility index (Phi) is 6.55. The summed E-state index contributed by atoms with van der Waals surface area (Å²) < 4.78 is 36.4. The third kappa shape index (κ3) is 5.13. The fourth-order valence-corrected chi connectivity index (χ4v) is 4.38. The van der Waals surface area contributed by atoms with Crippen molar-refractivity contribution in [2.75, 3.05) is 13.4 Å². The highest BCUT2D eigenvalue weighted by Gasteiger charge is 2.17. The van der Waals surface area contributed by atoms with Crippen LogP contribution in [0.15, 0.2) is 76.2 Å². The molecule has 186 valence electrons. The average Bonchev–Trinajstić information content (AvgIpc) is 3.55. The maximum Gasteiger partial charge on any atom is 0.248 e. The van der Waals surface area contributed by atoms with Crippen molar-refractivity contribution in [3.63, 3.8) is 0 Å². The van der Waals surface area contributed by atoms with E-state index in [9.17, 15) is 8.42 Å². The second-order valence-corrected chi connectivity index (χ2v) is 10.3. The van der Waals surface area contributed by atoms with Crippen LogP contribution in [-0.2, 0) is 9.84 Å². The van der Waals surface area contributed by atoms with Gasteiger partial charge in [-0.15, -0.1) is 20.4 Å². The number of ether oxygens (including phenoxy) is 1. The molecule has 0 saturated carbocycles. The van der Waals surface area contributed by atoms with E-state index >= 15 is 0 Å². The zero-order valence-electron chi connectivity index (χ0n) is 19.6. The molecule has 10 nitrogen and oxygen atoms in total. The van der Waals surface area contributed by atoms with Crippen LogP contribution in [0.3, 0.4) is 0 Å². The molecule has 0 atom stereocenters. The number of aromatic nitrogens is 6. The molecule has 2 aromatic carbocycles. The number of rotatable bonds is 7. The van der Waals surface area contributed by atoms with Gasteiger partial charge in [-0.25, -0.2) is 13.4 Å². The van der Waals surface area contributed by atoms with Crippen molar-refractivity contribution in [3.05, 3.63) is 83.6 Å². The molecule has 0 amide bonds. The highest BCUT2D eigenvalue weighted by atomic mass is 35.5. The molecule has 3 heterocycles. The Labute approximate surface area is 217 Å². The van der Waals surface area contributed by atoms with E-state index < -0.39 is 9.84 Å². The molecule has 0 aliphatic carbocycles. The molecule has 0 bridgehead atoms. The summed E-state index contributed by atoms with van der Waals surface area (Å²) in [6.07, 6.45) is 6.03. The molecule has 0 unspecified atom stereocenters. The van der Waals surface area contributed by atoms with E-state index in [-0.39, 0.29) is 10.8 Å². The smallest absolute Gasteiger partial charge is 0.248 e. The predicted molar refractivity (Wildman–Crippen MR) is 138 cm³/mol. The highest BCUT2D eigenvalue weighted by Crippen LogP contribution is 2.29. The third-order valence-corrected chi connectivity index (χ3v) is 6.78. The van der Waals surface area contributed by atoms with Crippen LogP contribution in [0.1, 0.15) is 11.7 Å². The van der Waals surface area contributed by atoms with Crippen LogP contribution < -0.4 is 4.74 Å². The van der Waals surface area contributed by atoms with Crippen LogP contribution in [0.25, 0.3) is 40.7 Å². The highest BCUT2D eigenvalue weighted by molar-refractivity contribution is 7.90. The molecule has 0 N–H and O–H groups in total. The van der Waals surface area contributed by atoms with Gasteiger partial charge in [-0.3, -0.25) is 4.57 Å². The molecular formula is C25H19ClN6O4S. The van der Waals surface area contributed by atoms with Crippen molar-refractivity contribution < 1.29 is 17.6 Å². The second-order valence-electron chi connectivity index (χ2n) is 7.83. The van der Waals surface area contributed by atoms with E-state index in [2.05, 4.69) is 25.4 Å². The largest absolute Gasteiger partial charge is 0.481 e. The number of benzene rings is 2. The van der Waals surface area contributed by atoms with Gasteiger partial charge in [-0.05, 0) is 48.5 Å². The lowest BCUT2D eigenvalue weighted by molar-refractivity contribution is 0.398. The minimum absolute atomic E-state index is 0.208. The standard InChI is InChI=1S/C25H19ClN6O4S/c1-35-23-15-17(13-14-27-23)25-31-29-22(36-25)12-11-21-28-30-24(32(21)20-6-4-3-5-19(20)26)16-7-9-18(10-8-16)37(2,33)34/h3-15H,1-2H3/b12-11+. The van der Waals surface area contributed by atoms with Crippen LogP contribution >= 0.6 is 11.6 Å². The van der Waals surface area contributed by atoms with Crippen LogP contribution in [-0.4, -0.2) is 51.7 Å². The first-order valence-electron chi connectivity index (χ1n) is 10.9. The maximum absolute atomic E-state index is 11.9. The lowest BCUT2D eigenvalue weighted by Gasteiger charge is -2.11. The molecule has 3 aromatic heterocycles. The molecule has 0 fully saturated rings. The Bertz CT molecular complexity index is 1710. The van der Waals surface area contributed by atoms with Gasteiger partial charge in [0.1, 0.15) is 0 Å². The van der Waals surface area contributed by atoms with E-state index in [1.54, 1.807) is 53.2 Å². The average molecular weight is 535 g/mol. The first-order chi connectivity index (χ1) is 17.8. The summed E-state index contributed by atoms with van der Waals surface area (Å²) >= 11 is 6.51. The normalized spacial score (nSPS) is 11.8. The molecular weight excluding hydrogens is 516 g/mol. The first kappa shape index (κ1) is 24.3. The summed E-state index contributed by atoms with van der Waals surface area (Å²) in [6.45, 7) is 0. The molecule has 5 rings (SSSR count). The quantitative estimate of drug-likeness (QED) is 0.294. The Morgan fingerprint density at radius 3 is 2.46 bits per heavy atom. The number of nitrogens with zero attached hydrogens (tertiary/aromatic N) is 6. The molecule has 12 heteroatoms. The summed E-state index contributed by atoms with van der Waals surface area (Å²) in [6, 6.07) is 17.1. The van der Waals surface area contributed by atoms with E-state index in [0.29, 0.717) is 45.3 Å². The summed E-state index contributed by atoms with van der Waals surface area (Å²) in [7, 11) is -1.81. The zero-order valence-corrected chi connectivity index (χ0v) is 21.2. The number of halogens is 1. The summed E-state index contributed by atoms with van der Waals surface area (Å²) in [4.78, 5) is 4.28. The van der Waals surface area contributed by atoms with Gasteiger partial charge in [0.15, 0.2) is 21.5 Å². The topological polar surface area (TPSA) is 126 Å². The number of methoxy groups -OCH3 is 1. The van der Waals surface area contributed by atoms with E-state index in [1.807, 2.05) is 18.2 Å². The third-order valence-electron chi connectivity index (χ3n) is 5.33. The first-order valence-corrected chi connectivity index (χ1v) is 13.1. The van der Waals surface area contributed by atoms with Crippen molar-refractivity contribution in [1.82, 2.24) is 29.9 Å². The second kappa shape index (κ2) is 9.96. The van der Waals surface area contributed by atoms with Crippen molar-refractivity contribution >= 4 is 33.6 Å². The SMILES string of the molecule is COc1cc(-c2nnc(/C=C/c3nnc(-c4ccc(S(C)(=O)=O)cc4)n3-c3ccccc3Cl)o2)ccn1. The molecule has 0 saturated heterocycles. The van der Waals surface area contributed by atoms with Crippen molar-refractivity contribution in [3.8, 4) is 34.4 Å². The van der Waals surface area contributed by atoms with Crippen LogP contribution in [0.5, 0.6) is 5.88 Å². The number of hydrogen-bond acceptors (Lipinski definition) is 9. The number of sulfone groups is 1. The minimum Gasteiger partial charge on any atom is -0.481 e. The van der Waals surface area contributed by atoms with Crippen LogP contribution in [0, 0.1) is 0 Å². The van der Waals surface area contributed by atoms with Crippen LogP contribution in [0.4, 0.5) is 0 Å². The minimum atomic E-state index is -3.34. The van der Waals surface area contributed by atoms with Gasteiger partial charge in [-0.1, -0.05) is 23.7 Å². The lowest BCUT2D eigenvalue weighted by Crippen LogP contribution is -2.01. The fourth-order valence-electron chi connectivity index (χ4n) is 3.53. The van der Waals surface area contributed by atoms with Crippen molar-refractivity contribution in [1.29, 1.82) is 0 Å². The Morgan fingerprint density at radius 2 is 1.73 bits per heavy atom. The molecule has 0 aliphatic heterocycles. The van der Waals surface area contributed by atoms with Gasteiger partial charge in [-0.2, -0.15) is 0 Å². The Morgan fingerprint density at radius 1 is 0.946 bits per heavy atom. The number of hydrogen-bond donors (Lipinski definition) is 0. The number of para-hydroxylation sites is 1. The zero-order chi connectivity index (χ0) is 26.0. The molecule has 5 aromatic rings. The van der Waals surface area contributed by atoms with E-state index in [0.717, 1.165) is 6.26 Å². The van der Waals surface area contributed by atoms with Gasteiger partial charge in [0.25, 0.3) is 0 Å². The van der Waals surface area contributed by atoms with Crippen LogP contribution in [0.2, 0.25) is 5.02 Å². The monoisotopic (exact) mass is 534 g/mol. The number of pyridine rings is 1. The van der Waals surface area contributed by atoms with Gasteiger partial charge in [0.2, 0.25) is 17.7 Å². The van der Waals surface area contributed by atoms with Crippen molar-refractivity contribution in [2.24, 2.45) is 0 Å². The Hall–Kier alpha value is -4.35. The summed E-state index contributed by atoms with van der Waals surface area (Å²) in [5.41, 5.74) is 1.97. The summed E-state index contributed by atoms with van der Waals surface area (Å²) in [5.74, 6) is 1.90. The van der Waals surface area contributed by atoms with Gasteiger partial charge in [0, 0.05) is 35.7 Å². The molecule has 0 aliphatic rings. The molecule has 0 radical (unpaired) electrons. The summed E-state index contributed by atoms with van der Waals surface area (Å²) in [5, 5.41) is 17.3. The Balaban J connectivity index is 1.53.